The molecule has 2 atom stereocenters. The highest BCUT2D eigenvalue weighted by Gasteiger charge is 2.33. The average molecular weight is 284 g/mol. The first-order valence-electron chi connectivity index (χ1n) is 8.56. The van der Waals surface area contributed by atoms with Crippen molar-refractivity contribution < 1.29 is 9.47 Å². The van der Waals surface area contributed by atoms with E-state index in [0.717, 1.165) is 46.0 Å². The minimum Gasteiger partial charge on any atom is -0.380 e. The summed E-state index contributed by atoms with van der Waals surface area (Å²) < 4.78 is 11.5. The van der Waals surface area contributed by atoms with Crippen LogP contribution in [0.4, 0.5) is 0 Å². The molecule has 1 heterocycles. The lowest BCUT2D eigenvalue weighted by Crippen LogP contribution is -2.54. The molecule has 1 saturated heterocycles. The van der Waals surface area contributed by atoms with Gasteiger partial charge in [0.05, 0.1) is 19.3 Å². The molecule has 4 nitrogen and oxygen atoms in total. The minimum atomic E-state index is 0.509. The Kier molecular flexibility index (Phi) is 7.88. The molecule has 0 bridgehead atoms. The maximum Gasteiger partial charge on any atom is 0.0730 e. The largest absolute Gasteiger partial charge is 0.380 e. The lowest BCUT2D eigenvalue weighted by atomic mass is 9.90. The van der Waals surface area contributed by atoms with E-state index in [1.54, 1.807) is 0 Å². The number of fused-ring (bicyclic) bond motifs is 1. The number of morpholine rings is 1. The van der Waals surface area contributed by atoms with E-state index >= 15 is 0 Å². The first kappa shape index (κ1) is 16.2. The van der Waals surface area contributed by atoms with Crippen molar-refractivity contribution in [2.45, 2.75) is 57.6 Å². The first-order chi connectivity index (χ1) is 9.92. The van der Waals surface area contributed by atoms with Crippen molar-refractivity contribution in [3.63, 3.8) is 0 Å². The molecule has 20 heavy (non-hydrogen) atoms. The average Bonchev–Trinajstić information content (AvgIpc) is 2.50. The van der Waals surface area contributed by atoms with Crippen LogP contribution in [0.2, 0.25) is 0 Å². The molecule has 118 valence electrons. The lowest BCUT2D eigenvalue weighted by molar-refractivity contribution is -0.0874. The molecule has 0 aromatic carbocycles. The Bertz CT molecular complexity index is 249. The summed E-state index contributed by atoms with van der Waals surface area (Å²) in [6, 6.07) is 0.681. The molecule has 0 amide bonds. The Morgan fingerprint density at radius 2 is 2.10 bits per heavy atom. The summed E-state index contributed by atoms with van der Waals surface area (Å²) in [5.74, 6) is 0. The van der Waals surface area contributed by atoms with E-state index in [1.165, 1.54) is 38.5 Å². The number of ether oxygens (including phenoxy) is 2. The number of nitrogens with zero attached hydrogens (tertiary/aromatic N) is 1. The van der Waals surface area contributed by atoms with E-state index in [4.69, 9.17) is 9.47 Å². The Labute approximate surface area is 124 Å². The third-order valence-corrected chi connectivity index (χ3v) is 4.49. The van der Waals surface area contributed by atoms with Crippen molar-refractivity contribution in [1.29, 1.82) is 0 Å². The molecule has 0 radical (unpaired) electrons. The second kappa shape index (κ2) is 9.72. The van der Waals surface area contributed by atoms with Crippen LogP contribution in [-0.4, -0.2) is 63.0 Å². The van der Waals surface area contributed by atoms with Gasteiger partial charge in [0.15, 0.2) is 0 Å². The summed E-state index contributed by atoms with van der Waals surface area (Å²) in [6.07, 6.45) is 8.21. The maximum absolute atomic E-state index is 5.91. The summed E-state index contributed by atoms with van der Waals surface area (Å²) in [5, 5.41) is 3.50. The van der Waals surface area contributed by atoms with E-state index < -0.39 is 0 Å². The highest BCUT2D eigenvalue weighted by molar-refractivity contribution is 4.87. The highest BCUT2D eigenvalue weighted by atomic mass is 16.5. The zero-order chi connectivity index (χ0) is 14.0. The fourth-order valence-electron chi connectivity index (χ4n) is 3.29. The van der Waals surface area contributed by atoms with Crippen LogP contribution in [0.15, 0.2) is 0 Å². The van der Waals surface area contributed by atoms with Crippen LogP contribution in [0.5, 0.6) is 0 Å². The van der Waals surface area contributed by atoms with Crippen molar-refractivity contribution in [2.75, 3.05) is 46.0 Å². The molecular weight excluding hydrogens is 252 g/mol. The lowest BCUT2D eigenvalue weighted by Gasteiger charge is -2.43. The second-order valence-electron chi connectivity index (χ2n) is 6.01. The minimum absolute atomic E-state index is 0.509. The number of nitrogens with one attached hydrogen (secondary N) is 1. The summed E-state index contributed by atoms with van der Waals surface area (Å²) in [6.45, 7) is 9.17. The van der Waals surface area contributed by atoms with Crippen LogP contribution in [0, 0.1) is 0 Å². The van der Waals surface area contributed by atoms with Gasteiger partial charge in [0, 0.05) is 38.8 Å². The van der Waals surface area contributed by atoms with Gasteiger partial charge in [0.2, 0.25) is 0 Å². The predicted octanol–water partition coefficient (Wildman–Crippen LogP) is 2.04. The van der Waals surface area contributed by atoms with Gasteiger partial charge in [-0.25, -0.2) is 0 Å². The number of hydrogen-bond acceptors (Lipinski definition) is 4. The Balaban J connectivity index is 1.52. The molecule has 2 aliphatic rings. The quantitative estimate of drug-likeness (QED) is 0.657. The molecule has 1 saturated carbocycles. The van der Waals surface area contributed by atoms with Gasteiger partial charge in [-0.3, -0.25) is 4.90 Å². The van der Waals surface area contributed by atoms with E-state index in [9.17, 15) is 0 Å². The van der Waals surface area contributed by atoms with Crippen LogP contribution < -0.4 is 5.32 Å². The fourth-order valence-corrected chi connectivity index (χ4v) is 3.29. The van der Waals surface area contributed by atoms with Crippen molar-refractivity contribution >= 4 is 0 Å². The summed E-state index contributed by atoms with van der Waals surface area (Å²) in [5.41, 5.74) is 0. The number of rotatable bonds is 9. The van der Waals surface area contributed by atoms with Crippen molar-refractivity contribution in [3.05, 3.63) is 0 Å². The Morgan fingerprint density at radius 1 is 1.20 bits per heavy atom. The van der Waals surface area contributed by atoms with Crippen LogP contribution in [0.3, 0.4) is 0 Å². The van der Waals surface area contributed by atoms with Gasteiger partial charge in [0.25, 0.3) is 0 Å². The predicted molar refractivity (Wildman–Crippen MR) is 82.2 cm³/mol. The first-order valence-corrected chi connectivity index (χ1v) is 8.56. The van der Waals surface area contributed by atoms with Crippen LogP contribution in [0.1, 0.15) is 45.4 Å². The summed E-state index contributed by atoms with van der Waals surface area (Å²) >= 11 is 0. The molecule has 2 unspecified atom stereocenters. The van der Waals surface area contributed by atoms with Gasteiger partial charge in [-0.1, -0.05) is 26.2 Å². The van der Waals surface area contributed by atoms with Crippen molar-refractivity contribution in [3.8, 4) is 0 Å². The smallest absolute Gasteiger partial charge is 0.0730 e. The molecule has 4 heteroatoms. The third kappa shape index (κ3) is 5.32. The van der Waals surface area contributed by atoms with Crippen molar-refractivity contribution in [2.24, 2.45) is 0 Å². The van der Waals surface area contributed by atoms with Gasteiger partial charge < -0.3 is 14.8 Å². The van der Waals surface area contributed by atoms with Crippen molar-refractivity contribution in [1.82, 2.24) is 10.2 Å². The molecular formula is C16H32N2O2. The third-order valence-electron chi connectivity index (χ3n) is 4.49. The van der Waals surface area contributed by atoms with E-state index in [1.807, 2.05) is 0 Å². The number of hydrogen-bond donors (Lipinski definition) is 1. The molecule has 0 aromatic rings. The van der Waals surface area contributed by atoms with E-state index in [0.29, 0.717) is 12.1 Å². The highest BCUT2D eigenvalue weighted by Crippen LogP contribution is 2.27. The monoisotopic (exact) mass is 284 g/mol. The van der Waals surface area contributed by atoms with Gasteiger partial charge in [-0.05, 0) is 19.3 Å². The maximum atomic E-state index is 5.91. The van der Waals surface area contributed by atoms with E-state index in [2.05, 4.69) is 17.1 Å². The topological polar surface area (TPSA) is 33.7 Å². The van der Waals surface area contributed by atoms with Gasteiger partial charge in [-0.15, -0.1) is 0 Å². The van der Waals surface area contributed by atoms with Gasteiger partial charge in [-0.2, -0.15) is 0 Å². The second-order valence-corrected chi connectivity index (χ2v) is 6.01. The summed E-state index contributed by atoms with van der Waals surface area (Å²) in [4.78, 5) is 2.64. The standard InChI is InChI=1S/C16H32N2O2/c1-2-3-12-19-13-9-17-8-10-18-11-14-20-16-7-5-4-6-15(16)18/h15-17H,2-14H2,1H3. The molecule has 1 aliphatic heterocycles. The molecule has 1 N–H and O–H groups in total. The van der Waals surface area contributed by atoms with Gasteiger partial charge >= 0.3 is 0 Å². The van der Waals surface area contributed by atoms with Crippen LogP contribution in [0.25, 0.3) is 0 Å². The molecule has 1 aliphatic carbocycles. The fraction of sp³-hybridized carbons (Fsp3) is 1.00. The van der Waals surface area contributed by atoms with Crippen LogP contribution in [-0.2, 0) is 9.47 Å². The van der Waals surface area contributed by atoms with E-state index in [-0.39, 0.29) is 0 Å². The normalized spacial score (nSPS) is 27.4. The number of unbranched alkanes of at least 4 members (excludes halogenated alkanes) is 1. The zero-order valence-electron chi connectivity index (χ0n) is 13.1. The molecule has 0 spiro atoms. The SMILES string of the molecule is CCCCOCCNCCN1CCOC2CCCCC21. The Hall–Kier alpha value is -0.160. The Morgan fingerprint density at radius 3 is 3.00 bits per heavy atom. The van der Waals surface area contributed by atoms with Crippen LogP contribution >= 0.6 is 0 Å². The van der Waals surface area contributed by atoms with Gasteiger partial charge in [0.1, 0.15) is 0 Å². The molecule has 2 fully saturated rings. The zero-order valence-corrected chi connectivity index (χ0v) is 13.1. The molecule has 0 aromatic heterocycles. The summed E-state index contributed by atoms with van der Waals surface area (Å²) in [7, 11) is 0. The molecule has 2 rings (SSSR count).